The Morgan fingerprint density at radius 1 is 1.25 bits per heavy atom. The van der Waals surface area contributed by atoms with Gasteiger partial charge in [-0.05, 0) is 12.1 Å². The van der Waals surface area contributed by atoms with Crippen molar-refractivity contribution in [1.29, 1.82) is 0 Å². The second-order valence-corrected chi connectivity index (χ2v) is 3.16. The van der Waals surface area contributed by atoms with Gasteiger partial charge in [0.25, 0.3) is 0 Å². The van der Waals surface area contributed by atoms with Crippen molar-refractivity contribution >= 4 is 5.88 Å². The highest BCUT2D eigenvalue weighted by Gasteiger charge is 2.14. The van der Waals surface area contributed by atoms with Gasteiger partial charge in [0, 0.05) is 11.6 Å². The minimum atomic E-state index is 0.264. The Bertz CT molecular complexity index is 494. The first-order valence-electron chi connectivity index (χ1n) is 4.70. The van der Waals surface area contributed by atoms with Crippen molar-refractivity contribution in [2.45, 2.75) is 0 Å². The summed E-state index contributed by atoms with van der Waals surface area (Å²) >= 11 is 0. The summed E-state index contributed by atoms with van der Waals surface area (Å²) in [4.78, 5) is 0. The maximum atomic E-state index is 5.48. The van der Waals surface area contributed by atoms with Crippen molar-refractivity contribution in [2.75, 3.05) is 20.0 Å². The fourth-order valence-electron chi connectivity index (χ4n) is 1.51. The molecule has 0 atom stereocenters. The van der Waals surface area contributed by atoms with Gasteiger partial charge in [-0.3, -0.25) is 0 Å². The number of ether oxygens (including phenoxy) is 2. The van der Waals surface area contributed by atoms with Crippen LogP contribution in [-0.4, -0.2) is 19.4 Å². The predicted molar refractivity (Wildman–Crippen MR) is 59.5 cm³/mol. The summed E-state index contributed by atoms with van der Waals surface area (Å²) in [7, 11) is 3.16. The van der Waals surface area contributed by atoms with Crippen LogP contribution in [0.3, 0.4) is 0 Å². The van der Waals surface area contributed by atoms with E-state index in [1.54, 1.807) is 20.3 Å². The Kier molecular flexibility index (Phi) is 2.68. The highest BCUT2D eigenvalue weighted by Crippen LogP contribution is 2.37. The maximum Gasteiger partial charge on any atom is 0.222 e. The zero-order valence-corrected chi connectivity index (χ0v) is 9.06. The zero-order valence-electron chi connectivity index (χ0n) is 9.06. The summed E-state index contributed by atoms with van der Waals surface area (Å²) in [5.41, 5.74) is 6.88. The van der Waals surface area contributed by atoms with E-state index in [9.17, 15) is 0 Å². The van der Waals surface area contributed by atoms with Crippen LogP contribution in [-0.2, 0) is 0 Å². The van der Waals surface area contributed by atoms with Crippen molar-refractivity contribution in [2.24, 2.45) is 0 Å². The Hall–Kier alpha value is -2.17. The first-order chi connectivity index (χ1) is 7.76. The summed E-state index contributed by atoms with van der Waals surface area (Å²) in [6.07, 6.45) is 0. The molecule has 0 saturated carbocycles. The number of anilines is 1. The second kappa shape index (κ2) is 4.14. The van der Waals surface area contributed by atoms with E-state index in [0.717, 1.165) is 5.56 Å². The number of para-hydroxylation sites is 1. The molecule has 0 aliphatic carbocycles. The van der Waals surface area contributed by atoms with E-state index in [-0.39, 0.29) is 5.88 Å². The van der Waals surface area contributed by atoms with Crippen molar-refractivity contribution in [3.63, 3.8) is 0 Å². The normalized spacial score (nSPS) is 10.1. The van der Waals surface area contributed by atoms with Gasteiger partial charge in [0.05, 0.1) is 14.2 Å². The molecule has 5 heteroatoms. The van der Waals surface area contributed by atoms with Crippen LogP contribution in [0.25, 0.3) is 11.3 Å². The molecule has 2 aromatic rings. The van der Waals surface area contributed by atoms with E-state index in [2.05, 4.69) is 5.16 Å². The third kappa shape index (κ3) is 1.67. The number of rotatable bonds is 3. The molecular formula is C11H12N2O3. The third-order valence-electron chi connectivity index (χ3n) is 2.21. The smallest absolute Gasteiger partial charge is 0.222 e. The average Bonchev–Trinajstić information content (AvgIpc) is 2.74. The van der Waals surface area contributed by atoms with E-state index in [1.165, 1.54) is 0 Å². The van der Waals surface area contributed by atoms with Crippen LogP contribution in [0, 0.1) is 0 Å². The van der Waals surface area contributed by atoms with Crippen LogP contribution in [0.2, 0.25) is 0 Å². The summed E-state index contributed by atoms with van der Waals surface area (Å²) in [6.45, 7) is 0. The zero-order chi connectivity index (χ0) is 11.5. The predicted octanol–water partition coefficient (Wildman–Crippen LogP) is 1.94. The molecule has 0 aliphatic heterocycles. The van der Waals surface area contributed by atoms with E-state index in [4.69, 9.17) is 19.7 Å². The standard InChI is InChI=1S/C11H12N2O3/c1-14-9-5-3-4-7(11(9)15-2)8-6-10(12)16-13-8/h3-6H,12H2,1-2H3. The van der Waals surface area contributed by atoms with E-state index in [1.807, 2.05) is 18.2 Å². The lowest BCUT2D eigenvalue weighted by Crippen LogP contribution is -1.93. The van der Waals surface area contributed by atoms with Crippen LogP contribution in [0.1, 0.15) is 0 Å². The number of hydrogen-bond acceptors (Lipinski definition) is 5. The van der Waals surface area contributed by atoms with Crippen LogP contribution in [0.15, 0.2) is 28.8 Å². The number of methoxy groups -OCH3 is 2. The molecule has 0 bridgehead atoms. The van der Waals surface area contributed by atoms with E-state index in [0.29, 0.717) is 17.2 Å². The molecule has 1 aromatic carbocycles. The summed E-state index contributed by atoms with van der Waals surface area (Å²) < 4.78 is 15.3. The van der Waals surface area contributed by atoms with Crippen LogP contribution < -0.4 is 15.2 Å². The number of aromatic nitrogens is 1. The van der Waals surface area contributed by atoms with Crippen molar-refractivity contribution in [1.82, 2.24) is 5.16 Å². The van der Waals surface area contributed by atoms with E-state index < -0.39 is 0 Å². The molecule has 0 amide bonds. The summed E-state index contributed by atoms with van der Waals surface area (Å²) in [5.74, 6) is 1.51. The highest BCUT2D eigenvalue weighted by atomic mass is 16.5. The lowest BCUT2D eigenvalue weighted by Gasteiger charge is -2.10. The van der Waals surface area contributed by atoms with E-state index >= 15 is 0 Å². The Morgan fingerprint density at radius 3 is 2.62 bits per heavy atom. The Morgan fingerprint density at radius 2 is 2.06 bits per heavy atom. The van der Waals surface area contributed by atoms with Crippen molar-refractivity contribution in [3.8, 4) is 22.8 Å². The van der Waals surface area contributed by atoms with Crippen LogP contribution in [0.4, 0.5) is 5.88 Å². The molecule has 0 radical (unpaired) electrons. The third-order valence-corrected chi connectivity index (χ3v) is 2.21. The Balaban J connectivity index is 2.56. The fraction of sp³-hybridized carbons (Fsp3) is 0.182. The number of nitrogen functional groups attached to an aromatic ring is 1. The van der Waals surface area contributed by atoms with Gasteiger partial charge >= 0.3 is 0 Å². The van der Waals surface area contributed by atoms with Crippen LogP contribution >= 0.6 is 0 Å². The molecule has 1 heterocycles. The van der Waals surface area contributed by atoms with Gasteiger partial charge in [-0.25, -0.2) is 0 Å². The van der Waals surface area contributed by atoms with Gasteiger partial charge in [-0.2, -0.15) is 0 Å². The maximum absolute atomic E-state index is 5.48. The molecule has 84 valence electrons. The molecule has 0 aliphatic rings. The lowest BCUT2D eigenvalue weighted by molar-refractivity contribution is 0.355. The molecular weight excluding hydrogens is 208 g/mol. The number of hydrogen-bond donors (Lipinski definition) is 1. The van der Waals surface area contributed by atoms with Crippen LogP contribution in [0.5, 0.6) is 11.5 Å². The first kappa shape index (κ1) is 10.4. The average molecular weight is 220 g/mol. The van der Waals surface area contributed by atoms with Gasteiger partial charge in [-0.15, -0.1) is 0 Å². The largest absolute Gasteiger partial charge is 0.493 e. The molecule has 0 unspecified atom stereocenters. The second-order valence-electron chi connectivity index (χ2n) is 3.16. The fourth-order valence-corrected chi connectivity index (χ4v) is 1.51. The van der Waals surface area contributed by atoms with Gasteiger partial charge in [0.15, 0.2) is 11.5 Å². The van der Waals surface area contributed by atoms with Crippen molar-refractivity contribution < 1.29 is 14.0 Å². The number of nitrogens with zero attached hydrogens (tertiary/aromatic N) is 1. The monoisotopic (exact) mass is 220 g/mol. The van der Waals surface area contributed by atoms with Crippen molar-refractivity contribution in [3.05, 3.63) is 24.3 Å². The molecule has 0 fully saturated rings. The summed E-state index contributed by atoms with van der Waals surface area (Å²) in [6, 6.07) is 7.16. The lowest BCUT2D eigenvalue weighted by atomic mass is 10.1. The number of benzene rings is 1. The summed E-state index contributed by atoms with van der Waals surface area (Å²) in [5, 5.41) is 3.83. The molecule has 0 saturated heterocycles. The van der Waals surface area contributed by atoms with Gasteiger partial charge in [0.1, 0.15) is 5.69 Å². The SMILES string of the molecule is COc1cccc(-c2cc(N)on2)c1OC. The van der Waals surface area contributed by atoms with Gasteiger partial charge in [0.2, 0.25) is 5.88 Å². The highest BCUT2D eigenvalue weighted by molar-refractivity contribution is 5.72. The first-order valence-corrected chi connectivity index (χ1v) is 4.70. The minimum absolute atomic E-state index is 0.264. The molecule has 1 aromatic heterocycles. The minimum Gasteiger partial charge on any atom is -0.493 e. The molecule has 5 nitrogen and oxygen atoms in total. The molecule has 2 N–H and O–H groups in total. The molecule has 2 rings (SSSR count). The molecule has 16 heavy (non-hydrogen) atoms. The Labute approximate surface area is 92.8 Å². The van der Waals surface area contributed by atoms with Gasteiger partial charge < -0.3 is 19.7 Å². The topological polar surface area (TPSA) is 70.5 Å². The quantitative estimate of drug-likeness (QED) is 0.855. The number of nitrogens with two attached hydrogens (primary N) is 1. The molecule has 0 spiro atoms. The van der Waals surface area contributed by atoms with Gasteiger partial charge in [-0.1, -0.05) is 11.2 Å².